The van der Waals surface area contributed by atoms with Gasteiger partial charge in [0.1, 0.15) is 6.10 Å². The first-order valence-electron chi connectivity index (χ1n) is 11.1. The van der Waals surface area contributed by atoms with Crippen LogP contribution in [0, 0.1) is 11.3 Å². The molecule has 4 nitrogen and oxygen atoms in total. The first-order chi connectivity index (χ1) is 14.5. The smallest absolute Gasteiger partial charge is 0.261 e. The van der Waals surface area contributed by atoms with Gasteiger partial charge < -0.3 is 19.0 Å². The Morgan fingerprint density at radius 2 is 1.35 bits per heavy atom. The van der Waals surface area contributed by atoms with E-state index in [1.54, 1.807) is 7.11 Å². The van der Waals surface area contributed by atoms with E-state index in [9.17, 15) is 5.11 Å². The Morgan fingerprint density at radius 1 is 0.871 bits per heavy atom. The number of rotatable bonds is 6. The van der Waals surface area contributed by atoms with Crippen LogP contribution in [0.4, 0.5) is 0 Å². The zero-order valence-electron chi connectivity index (χ0n) is 20.0. The first kappa shape index (κ1) is 24.1. The van der Waals surface area contributed by atoms with Crippen LogP contribution in [0.1, 0.15) is 41.5 Å². The minimum absolute atomic E-state index is 0.0873. The average Bonchev–Trinajstić information content (AvgIpc) is 3.05. The van der Waals surface area contributed by atoms with Crippen molar-refractivity contribution in [2.24, 2.45) is 11.3 Å². The minimum atomic E-state index is -2.66. The van der Waals surface area contributed by atoms with E-state index in [1.807, 2.05) is 12.1 Å². The highest BCUT2D eigenvalue weighted by Crippen LogP contribution is 2.42. The van der Waals surface area contributed by atoms with Gasteiger partial charge in [-0.25, -0.2) is 0 Å². The number of hydrogen-bond donors (Lipinski definition) is 1. The van der Waals surface area contributed by atoms with Gasteiger partial charge in [-0.3, -0.25) is 0 Å². The SMILES string of the molecule is COC1O[C@H](CO[Si](c2ccccc2)(c2ccccc2)C(C)(C)C)[C@H](C(C)(C)C)C1O. The maximum Gasteiger partial charge on any atom is 0.261 e. The van der Waals surface area contributed by atoms with Gasteiger partial charge in [-0.05, 0) is 20.8 Å². The molecule has 3 rings (SSSR count). The summed E-state index contributed by atoms with van der Waals surface area (Å²) in [6.45, 7) is 13.6. The van der Waals surface area contributed by atoms with Crippen LogP contribution in [0.25, 0.3) is 0 Å². The van der Waals surface area contributed by atoms with Gasteiger partial charge in [0.15, 0.2) is 6.29 Å². The molecule has 4 atom stereocenters. The van der Waals surface area contributed by atoms with Crippen molar-refractivity contribution in [3.63, 3.8) is 0 Å². The highest BCUT2D eigenvalue weighted by molar-refractivity contribution is 6.99. The third-order valence-corrected chi connectivity index (χ3v) is 11.5. The van der Waals surface area contributed by atoms with E-state index in [0.29, 0.717) is 6.61 Å². The van der Waals surface area contributed by atoms with Crippen LogP contribution in [0.15, 0.2) is 60.7 Å². The lowest BCUT2D eigenvalue weighted by Gasteiger charge is -2.44. The lowest BCUT2D eigenvalue weighted by molar-refractivity contribution is -0.152. The van der Waals surface area contributed by atoms with E-state index in [1.165, 1.54) is 10.4 Å². The van der Waals surface area contributed by atoms with Crippen molar-refractivity contribution in [3.8, 4) is 0 Å². The monoisotopic (exact) mass is 442 g/mol. The van der Waals surface area contributed by atoms with Crippen molar-refractivity contribution < 1.29 is 19.0 Å². The molecule has 0 aliphatic carbocycles. The Balaban J connectivity index is 2.04. The second-order valence-electron chi connectivity index (χ2n) is 10.6. The fourth-order valence-corrected chi connectivity index (χ4v) is 9.67. The predicted molar refractivity (Wildman–Crippen MR) is 128 cm³/mol. The topological polar surface area (TPSA) is 47.9 Å². The van der Waals surface area contributed by atoms with E-state index in [-0.39, 0.29) is 22.5 Å². The molecule has 5 heteroatoms. The summed E-state index contributed by atoms with van der Waals surface area (Å²) in [7, 11) is -1.08. The van der Waals surface area contributed by atoms with Crippen LogP contribution in [0.2, 0.25) is 5.04 Å². The molecule has 1 aliphatic heterocycles. The summed E-state index contributed by atoms with van der Waals surface area (Å²) in [5.74, 6) is -0.0873. The standard InChI is InChI=1S/C26H38O4Si/c1-25(2,3)22-21(30-24(28-7)23(22)27)18-29-31(26(4,5)6,19-14-10-8-11-15-19)20-16-12-9-13-17-20/h8-17,21-24,27H,18H2,1-7H3/t21-,22+,23?,24?/m1/s1. The Kier molecular flexibility index (Phi) is 7.14. The average molecular weight is 443 g/mol. The Bertz CT molecular complexity index is 786. The maximum absolute atomic E-state index is 10.9. The van der Waals surface area contributed by atoms with Crippen LogP contribution in [-0.2, 0) is 13.9 Å². The molecule has 0 radical (unpaired) electrons. The molecule has 1 saturated heterocycles. The molecule has 1 fully saturated rings. The molecule has 31 heavy (non-hydrogen) atoms. The molecule has 0 aromatic heterocycles. The summed E-state index contributed by atoms with van der Waals surface area (Å²) >= 11 is 0. The Labute approximate surface area is 188 Å². The maximum atomic E-state index is 10.9. The summed E-state index contributed by atoms with van der Waals surface area (Å²) in [5.41, 5.74) is -0.147. The largest absolute Gasteiger partial charge is 0.405 e. The zero-order chi connectivity index (χ0) is 22.9. The van der Waals surface area contributed by atoms with Gasteiger partial charge >= 0.3 is 0 Å². The fourth-order valence-electron chi connectivity index (χ4n) is 5.10. The summed E-state index contributed by atoms with van der Waals surface area (Å²) < 4.78 is 18.7. The lowest BCUT2D eigenvalue weighted by Crippen LogP contribution is -2.67. The zero-order valence-corrected chi connectivity index (χ0v) is 21.0. The molecule has 0 bridgehead atoms. The quantitative estimate of drug-likeness (QED) is 0.688. The summed E-state index contributed by atoms with van der Waals surface area (Å²) in [6.07, 6.45) is -1.56. The Hall–Kier alpha value is -1.50. The molecule has 170 valence electrons. The highest BCUT2D eigenvalue weighted by Gasteiger charge is 2.53. The molecule has 2 aromatic rings. The number of aliphatic hydroxyl groups excluding tert-OH is 1. The summed E-state index contributed by atoms with van der Waals surface area (Å²) in [6, 6.07) is 21.2. The van der Waals surface area contributed by atoms with Gasteiger partial charge in [-0.15, -0.1) is 0 Å². The lowest BCUT2D eigenvalue weighted by atomic mass is 9.75. The molecule has 1 N–H and O–H groups in total. The minimum Gasteiger partial charge on any atom is -0.405 e. The molecule has 0 spiro atoms. The van der Waals surface area contributed by atoms with E-state index in [0.717, 1.165) is 0 Å². The van der Waals surface area contributed by atoms with Gasteiger partial charge in [-0.1, -0.05) is 102 Å². The van der Waals surface area contributed by atoms with E-state index in [2.05, 4.69) is 90.1 Å². The molecule has 2 unspecified atom stereocenters. The number of methoxy groups -OCH3 is 1. The van der Waals surface area contributed by atoms with Gasteiger partial charge in [0, 0.05) is 13.0 Å². The number of hydrogen-bond acceptors (Lipinski definition) is 4. The third-order valence-electron chi connectivity index (χ3n) is 6.47. The molecule has 2 aromatic carbocycles. The molecule has 1 heterocycles. The third kappa shape index (κ3) is 4.66. The number of benzene rings is 2. The second-order valence-corrected chi connectivity index (χ2v) is 14.9. The van der Waals surface area contributed by atoms with E-state index in [4.69, 9.17) is 13.9 Å². The number of ether oxygens (including phenoxy) is 2. The summed E-state index contributed by atoms with van der Waals surface area (Å²) in [4.78, 5) is 0. The molecule has 0 amide bonds. The van der Waals surface area contributed by atoms with Crippen molar-refractivity contribution in [3.05, 3.63) is 60.7 Å². The van der Waals surface area contributed by atoms with Crippen LogP contribution < -0.4 is 10.4 Å². The van der Waals surface area contributed by atoms with Crippen molar-refractivity contribution >= 4 is 18.7 Å². The molecule has 0 saturated carbocycles. The summed E-state index contributed by atoms with van der Waals surface area (Å²) in [5, 5.41) is 13.3. The van der Waals surface area contributed by atoms with Crippen molar-refractivity contribution in [2.75, 3.05) is 13.7 Å². The van der Waals surface area contributed by atoms with Crippen LogP contribution in [-0.4, -0.2) is 45.6 Å². The van der Waals surface area contributed by atoms with Crippen LogP contribution in [0.5, 0.6) is 0 Å². The Morgan fingerprint density at radius 3 is 1.74 bits per heavy atom. The molecular formula is C26H38O4Si. The van der Waals surface area contributed by atoms with Crippen LogP contribution >= 0.6 is 0 Å². The van der Waals surface area contributed by atoms with Crippen molar-refractivity contribution in [1.82, 2.24) is 0 Å². The van der Waals surface area contributed by atoms with Gasteiger partial charge in [0.2, 0.25) is 0 Å². The van der Waals surface area contributed by atoms with Gasteiger partial charge in [-0.2, -0.15) is 0 Å². The number of aliphatic hydroxyl groups is 1. The predicted octanol–water partition coefficient (Wildman–Crippen LogP) is 3.96. The molecular weight excluding hydrogens is 404 g/mol. The fraction of sp³-hybridized carbons (Fsp3) is 0.538. The van der Waals surface area contributed by atoms with Gasteiger partial charge in [0.05, 0.1) is 12.7 Å². The molecule has 1 aliphatic rings. The van der Waals surface area contributed by atoms with Crippen molar-refractivity contribution in [2.45, 2.75) is 65.1 Å². The van der Waals surface area contributed by atoms with E-state index < -0.39 is 20.7 Å². The second kappa shape index (κ2) is 9.16. The normalized spacial score (nSPS) is 25.0. The highest BCUT2D eigenvalue weighted by atomic mass is 28.4. The van der Waals surface area contributed by atoms with Crippen molar-refractivity contribution in [1.29, 1.82) is 0 Å². The first-order valence-corrected chi connectivity index (χ1v) is 13.0. The van der Waals surface area contributed by atoms with E-state index >= 15 is 0 Å². The van der Waals surface area contributed by atoms with Gasteiger partial charge in [0.25, 0.3) is 8.32 Å². The van der Waals surface area contributed by atoms with Crippen LogP contribution in [0.3, 0.4) is 0 Å².